The van der Waals surface area contributed by atoms with Gasteiger partial charge in [0.25, 0.3) is 0 Å². The van der Waals surface area contributed by atoms with Gasteiger partial charge in [-0.1, -0.05) is 0 Å². The Morgan fingerprint density at radius 3 is 2.87 bits per heavy atom. The molecule has 0 aliphatic heterocycles. The zero-order valence-electron chi connectivity index (χ0n) is 8.99. The fourth-order valence-corrected chi connectivity index (χ4v) is 2.31. The Balaban J connectivity index is 1.88. The highest BCUT2D eigenvalue weighted by molar-refractivity contribution is 7.11. The first-order chi connectivity index (χ1) is 7.25. The quantitative estimate of drug-likeness (QED) is 0.854. The number of hydrogen-bond acceptors (Lipinski definition) is 3. The minimum atomic E-state index is 0.339. The number of aryl methyl sites for hydroxylation is 1. The maximum Gasteiger partial charge on any atom is 0.0950 e. The van der Waals surface area contributed by atoms with E-state index in [9.17, 15) is 0 Å². The van der Waals surface area contributed by atoms with E-state index in [1.54, 1.807) is 12.5 Å². The predicted molar refractivity (Wildman–Crippen MR) is 63.0 cm³/mol. The Labute approximate surface area is 93.9 Å². The molecule has 15 heavy (non-hydrogen) atoms. The van der Waals surface area contributed by atoms with Crippen molar-refractivity contribution in [2.45, 2.75) is 26.4 Å². The smallest absolute Gasteiger partial charge is 0.0950 e. The maximum atomic E-state index is 5.05. The van der Waals surface area contributed by atoms with E-state index in [2.05, 4.69) is 31.3 Å². The van der Waals surface area contributed by atoms with Gasteiger partial charge in [0.05, 0.1) is 12.5 Å². The van der Waals surface area contributed by atoms with Gasteiger partial charge in [-0.25, -0.2) is 0 Å². The van der Waals surface area contributed by atoms with Crippen molar-refractivity contribution in [3.8, 4) is 0 Å². The largest absolute Gasteiger partial charge is 0.472 e. The van der Waals surface area contributed by atoms with Gasteiger partial charge in [-0.3, -0.25) is 0 Å². The lowest BCUT2D eigenvalue weighted by molar-refractivity contribution is 0.540. The van der Waals surface area contributed by atoms with Crippen LogP contribution < -0.4 is 5.32 Å². The highest BCUT2D eigenvalue weighted by Gasteiger charge is 2.06. The van der Waals surface area contributed by atoms with Crippen molar-refractivity contribution >= 4 is 11.3 Å². The SMILES string of the molecule is Cc1ccc(CNC(C)c2ccoc2)s1. The molecule has 0 saturated heterocycles. The molecule has 0 spiro atoms. The monoisotopic (exact) mass is 221 g/mol. The Hall–Kier alpha value is -1.06. The molecule has 0 aliphatic carbocycles. The second-order valence-electron chi connectivity index (χ2n) is 3.67. The summed E-state index contributed by atoms with van der Waals surface area (Å²) in [4.78, 5) is 2.74. The van der Waals surface area contributed by atoms with Crippen molar-refractivity contribution in [3.63, 3.8) is 0 Å². The molecule has 2 heterocycles. The fraction of sp³-hybridized carbons (Fsp3) is 0.333. The number of hydrogen-bond donors (Lipinski definition) is 1. The van der Waals surface area contributed by atoms with E-state index in [-0.39, 0.29) is 0 Å². The molecule has 2 aromatic heterocycles. The molecule has 1 atom stereocenters. The second kappa shape index (κ2) is 4.64. The molecule has 0 radical (unpaired) electrons. The van der Waals surface area contributed by atoms with Gasteiger partial charge >= 0.3 is 0 Å². The first kappa shape index (κ1) is 10.5. The van der Waals surface area contributed by atoms with Crippen LogP contribution in [-0.2, 0) is 6.54 Å². The lowest BCUT2D eigenvalue weighted by atomic mass is 10.2. The van der Waals surface area contributed by atoms with Gasteiger partial charge in [-0.2, -0.15) is 0 Å². The van der Waals surface area contributed by atoms with Crippen molar-refractivity contribution < 1.29 is 4.42 Å². The molecule has 2 nitrogen and oxygen atoms in total. The summed E-state index contributed by atoms with van der Waals surface area (Å²) in [5.41, 5.74) is 1.20. The molecule has 0 aromatic carbocycles. The molecule has 2 aromatic rings. The van der Waals surface area contributed by atoms with Crippen LogP contribution in [0.2, 0.25) is 0 Å². The third-order valence-corrected chi connectivity index (χ3v) is 3.42. The van der Waals surface area contributed by atoms with Crippen molar-refractivity contribution in [1.82, 2.24) is 5.32 Å². The molecule has 2 rings (SSSR count). The summed E-state index contributed by atoms with van der Waals surface area (Å²) in [6.07, 6.45) is 3.50. The van der Waals surface area contributed by atoms with Gasteiger partial charge in [0.15, 0.2) is 0 Å². The highest BCUT2D eigenvalue weighted by Crippen LogP contribution is 2.17. The minimum Gasteiger partial charge on any atom is -0.472 e. The van der Waals surface area contributed by atoms with E-state index in [1.165, 1.54) is 15.3 Å². The highest BCUT2D eigenvalue weighted by atomic mass is 32.1. The van der Waals surface area contributed by atoms with Crippen LogP contribution in [0.5, 0.6) is 0 Å². The number of nitrogens with one attached hydrogen (secondary N) is 1. The van der Waals surface area contributed by atoms with Crippen LogP contribution >= 0.6 is 11.3 Å². The molecular formula is C12H15NOS. The van der Waals surface area contributed by atoms with E-state index < -0.39 is 0 Å². The number of rotatable bonds is 4. The zero-order chi connectivity index (χ0) is 10.7. The zero-order valence-corrected chi connectivity index (χ0v) is 9.80. The Bertz CT molecular complexity index is 405. The van der Waals surface area contributed by atoms with Crippen LogP contribution in [-0.4, -0.2) is 0 Å². The average molecular weight is 221 g/mol. The number of furan rings is 1. The lowest BCUT2D eigenvalue weighted by Gasteiger charge is -2.10. The van der Waals surface area contributed by atoms with Crippen LogP contribution in [0.25, 0.3) is 0 Å². The van der Waals surface area contributed by atoms with E-state index >= 15 is 0 Å². The van der Waals surface area contributed by atoms with Crippen molar-refractivity contribution in [1.29, 1.82) is 0 Å². The molecule has 80 valence electrons. The molecular weight excluding hydrogens is 206 g/mol. The third kappa shape index (κ3) is 2.70. The minimum absolute atomic E-state index is 0.339. The van der Waals surface area contributed by atoms with Gasteiger partial charge in [0, 0.05) is 27.9 Å². The van der Waals surface area contributed by atoms with Crippen molar-refractivity contribution in [2.75, 3.05) is 0 Å². The van der Waals surface area contributed by atoms with E-state index in [4.69, 9.17) is 4.42 Å². The molecule has 0 fully saturated rings. The van der Waals surface area contributed by atoms with E-state index in [0.717, 1.165) is 6.54 Å². The topological polar surface area (TPSA) is 25.2 Å². The summed E-state index contributed by atoms with van der Waals surface area (Å²) < 4.78 is 5.05. The Morgan fingerprint density at radius 2 is 2.27 bits per heavy atom. The molecule has 3 heteroatoms. The fourth-order valence-electron chi connectivity index (χ4n) is 1.47. The van der Waals surface area contributed by atoms with Gasteiger partial charge in [-0.15, -0.1) is 11.3 Å². The second-order valence-corrected chi connectivity index (χ2v) is 5.04. The van der Waals surface area contributed by atoms with Crippen LogP contribution in [0.15, 0.2) is 35.1 Å². The Kier molecular flexibility index (Phi) is 3.23. The van der Waals surface area contributed by atoms with Crippen molar-refractivity contribution in [3.05, 3.63) is 46.0 Å². The van der Waals surface area contributed by atoms with Gasteiger partial charge in [-0.05, 0) is 32.0 Å². The molecule has 1 N–H and O–H groups in total. The van der Waals surface area contributed by atoms with Gasteiger partial charge in [0.1, 0.15) is 0 Å². The van der Waals surface area contributed by atoms with Crippen LogP contribution in [0.3, 0.4) is 0 Å². The van der Waals surface area contributed by atoms with E-state index in [1.807, 2.05) is 17.4 Å². The maximum absolute atomic E-state index is 5.05. The first-order valence-corrected chi connectivity index (χ1v) is 5.88. The summed E-state index contributed by atoms with van der Waals surface area (Å²) in [6, 6.07) is 6.67. The molecule has 1 unspecified atom stereocenters. The average Bonchev–Trinajstić information content (AvgIpc) is 2.84. The van der Waals surface area contributed by atoms with Gasteiger partial charge < -0.3 is 9.73 Å². The standard InChI is InChI=1S/C12H15NOS/c1-9-3-4-12(15-9)7-13-10(2)11-5-6-14-8-11/h3-6,8,10,13H,7H2,1-2H3. The lowest BCUT2D eigenvalue weighted by Crippen LogP contribution is -2.16. The molecule has 0 amide bonds. The normalized spacial score (nSPS) is 12.9. The van der Waals surface area contributed by atoms with E-state index in [0.29, 0.717) is 6.04 Å². The summed E-state index contributed by atoms with van der Waals surface area (Å²) in [7, 11) is 0. The first-order valence-electron chi connectivity index (χ1n) is 5.06. The summed E-state index contributed by atoms with van der Waals surface area (Å²) >= 11 is 1.84. The third-order valence-electron chi connectivity index (χ3n) is 2.42. The summed E-state index contributed by atoms with van der Waals surface area (Å²) in [5.74, 6) is 0. The molecule has 0 bridgehead atoms. The van der Waals surface area contributed by atoms with Crippen LogP contribution in [0, 0.1) is 6.92 Å². The number of thiophene rings is 1. The van der Waals surface area contributed by atoms with Crippen LogP contribution in [0.1, 0.15) is 28.3 Å². The summed E-state index contributed by atoms with van der Waals surface area (Å²) in [5, 5.41) is 3.47. The predicted octanol–water partition coefficient (Wildman–Crippen LogP) is 3.50. The van der Waals surface area contributed by atoms with Gasteiger partial charge in [0.2, 0.25) is 0 Å². The Morgan fingerprint density at radius 1 is 1.40 bits per heavy atom. The molecule has 0 saturated carbocycles. The molecule has 0 aliphatic rings. The van der Waals surface area contributed by atoms with Crippen molar-refractivity contribution in [2.24, 2.45) is 0 Å². The van der Waals surface area contributed by atoms with Crippen LogP contribution in [0.4, 0.5) is 0 Å². The summed E-state index contributed by atoms with van der Waals surface area (Å²) in [6.45, 7) is 5.20.